The Hall–Kier alpha value is -0.220. The largest absolute Gasteiger partial charge is 0.468 e. The van der Waals surface area contributed by atoms with Crippen LogP contribution in [0.5, 0.6) is 0 Å². The van der Waals surface area contributed by atoms with Crippen molar-refractivity contribution in [3.63, 3.8) is 0 Å². The van der Waals surface area contributed by atoms with E-state index >= 15 is 0 Å². The third-order valence-corrected chi connectivity index (χ3v) is 4.69. The predicted octanol–water partition coefficient (Wildman–Crippen LogP) is 3.48. The normalized spacial score (nSPS) is 16.2. The fourth-order valence-electron chi connectivity index (χ4n) is 2.03. The number of carbonyl (C=O) groups is 1. The van der Waals surface area contributed by atoms with Gasteiger partial charge in [-0.15, -0.1) is 0 Å². The molecule has 4 heteroatoms. The number of hydrogen-bond donors (Lipinski definition) is 1. The van der Waals surface area contributed by atoms with E-state index in [4.69, 9.17) is 4.74 Å². The highest BCUT2D eigenvalue weighted by atomic mass is 32.2. The molecule has 0 spiro atoms. The van der Waals surface area contributed by atoms with E-state index in [0.717, 1.165) is 24.5 Å². The van der Waals surface area contributed by atoms with Crippen molar-refractivity contribution in [3.8, 4) is 0 Å². The third kappa shape index (κ3) is 7.83. The van der Waals surface area contributed by atoms with Crippen molar-refractivity contribution >= 4 is 17.7 Å². The van der Waals surface area contributed by atoms with Gasteiger partial charge in [0, 0.05) is 6.04 Å². The summed E-state index contributed by atoms with van der Waals surface area (Å²) in [5, 5.41) is 3.33. The molecule has 0 saturated carbocycles. The third-order valence-electron chi connectivity index (χ3n) is 3.31. The minimum absolute atomic E-state index is 0.159. The SMILES string of the molecule is CCC(C)CSCCCC(C)(NC(C)C)C(=O)OC. The van der Waals surface area contributed by atoms with E-state index in [0.29, 0.717) is 0 Å². The number of ether oxygens (including phenoxy) is 1. The van der Waals surface area contributed by atoms with Gasteiger partial charge in [-0.2, -0.15) is 11.8 Å². The molecule has 0 aromatic heterocycles. The second-order valence-corrected chi connectivity index (χ2v) is 6.96. The fourth-order valence-corrected chi connectivity index (χ4v) is 3.18. The summed E-state index contributed by atoms with van der Waals surface area (Å²) in [6.07, 6.45) is 3.10. The van der Waals surface area contributed by atoms with Gasteiger partial charge < -0.3 is 4.74 Å². The van der Waals surface area contributed by atoms with E-state index in [-0.39, 0.29) is 12.0 Å². The molecule has 19 heavy (non-hydrogen) atoms. The van der Waals surface area contributed by atoms with Crippen LogP contribution in [-0.2, 0) is 9.53 Å². The predicted molar refractivity (Wildman–Crippen MR) is 84.7 cm³/mol. The molecule has 0 aliphatic carbocycles. The molecular formula is C15H31NO2S. The Morgan fingerprint density at radius 2 is 2.00 bits per heavy atom. The maximum absolute atomic E-state index is 11.9. The zero-order valence-corrected chi connectivity index (χ0v) is 14.2. The zero-order valence-electron chi connectivity index (χ0n) is 13.4. The van der Waals surface area contributed by atoms with Gasteiger partial charge in [0.05, 0.1) is 7.11 Å². The number of hydrogen-bond acceptors (Lipinski definition) is 4. The van der Waals surface area contributed by atoms with Crippen molar-refractivity contribution in [2.45, 2.75) is 65.5 Å². The number of thioether (sulfide) groups is 1. The maximum Gasteiger partial charge on any atom is 0.325 e. The molecule has 0 bridgehead atoms. The van der Waals surface area contributed by atoms with Crippen LogP contribution in [0.25, 0.3) is 0 Å². The second-order valence-electron chi connectivity index (χ2n) is 5.81. The summed E-state index contributed by atoms with van der Waals surface area (Å²) in [5.74, 6) is 2.94. The molecule has 0 aliphatic rings. The van der Waals surface area contributed by atoms with Gasteiger partial charge in [0.15, 0.2) is 0 Å². The Kier molecular flexibility index (Phi) is 9.54. The summed E-state index contributed by atoms with van der Waals surface area (Å²) in [5.41, 5.74) is -0.556. The lowest BCUT2D eigenvalue weighted by molar-refractivity contribution is -0.148. The lowest BCUT2D eigenvalue weighted by Gasteiger charge is -2.30. The number of esters is 1. The van der Waals surface area contributed by atoms with Crippen LogP contribution in [0.4, 0.5) is 0 Å². The van der Waals surface area contributed by atoms with E-state index in [1.54, 1.807) is 0 Å². The summed E-state index contributed by atoms with van der Waals surface area (Å²) >= 11 is 1.98. The van der Waals surface area contributed by atoms with Crippen molar-refractivity contribution in [1.29, 1.82) is 0 Å². The Labute approximate surface area is 123 Å². The van der Waals surface area contributed by atoms with Crippen LogP contribution < -0.4 is 5.32 Å². The van der Waals surface area contributed by atoms with Gasteiger partial charge in [-0.05, 0) is 51.0 Å². The van der Waals surface area contributed by atoms with Crippen LogP contribution in [0.15, 0.2) is 0 Å². The number of nitrogens with one attached hydrogen (secondary N) is 1. The van der Waals surface area contributed by atoms with E-state index in [1.807, 2.05) is 18.7 Å². The number of rotatable bonds is 10. The summed E-state index contributed by atoms with van der Waals surface area (Å²) < 4.78 is 4.92. The van der Waals surface area contributed by atoms with Crippen molar-refractivity contribution in [2.24, 2.45) is 5.92 Å². The average molecular weight is 289 g/mol. The summed E-state index contributed by atoms with van der Waals surface area (Å²) in [7, 11) is 1.46. The van der Waals surface area contributed by atoms with Crippen molar-refractivity contribution in [3.05, 3.63) is 0 Å². The summed E-state index contributed by atoms with van der Waals surface area (Å²) in [6, 6.07) is 0.275. The van der Waals surface area contributed by atoms with Crippen molar-refractivity contribution in [2.75, 3.05) is 18.6 Å². The Morgan fingerprint density at radius 1 is 1.37 bits per heavy atom. The highest BCUT2D eigenvalue weighted by Gasteiger charge is 2.33. The van der Waals surface area contributed by atoms with Gasteiger partial charge in [-0.3, -0.25) is 10.1 Å². The highest BCUT2D eigenvalue weighted by Crippen LogP contribution is 2.19. The van der Waals surface area contributed by atoms with E-state index in [9.17, 15) is 4.79 Å². The van der Waals surface area contributed by atoms with Crippen LogP contribution >= 0.6 is 11.8 Å². The molecule has 0 rings (SSSR count). The molecule has 3 nitrogen and oxygen atoms in total. The van der Waals surface area contributed by atoms with Crippen LogP contribution in [0.2, 0.25) is 0 Å². The molecule has 0 amide bonds. The average Bonchev–Trinajstić information content (AvgIpc) is 2.36. The van der Waals surface area contributed by atoms with Crippen LogP contribution in [-0.4, -0.2) is 36.2 Å². The van der Waals surface area contributed by atoms with Gasteiger partial charge in [0.1, 0.15) is 5.54 Å². The summed E-state index contributed by atoms with van der Waals surface area (Å²) in [6.45, 7) is 10.6. The Balaban J connectivity index is 4.10. The lowest BCUT2D eigenvalue weighted by Crippen LogP contribution is -2.53. The summed E-state index contributed by atoms with van der Waals surface area (Å²) in [4.78, 5) is 11.9. The molecule has 0 saturated heterocycles. The fraction of sp³-hybridized carbons (Fsp3) is 0.933. The molecule has 1 N–H and O–H groups in total. The minimum Gasteiger partial charge on any atom is -0.468 e. The molecule has 0 aromatic carbocycles. The molecule has 0 aromatic rings. The van der Waals surface area contributed by atoms with Crippen LogP contribution in [0.3, 0.4) is 0 Å². The van der Waals surface area contributed by atoms with Gasteiger partial charge in [0.25, 0.3) is 0 Å². The van der Waals surface area contributed by atoms with Crippen molar-refractivity contribution < 1.29 is 9.53 Å². The Morgan fingerprint density at radius 3 is 2.47 bits per heavy atom. The molecule has 0 fully saturated rings. The molecular weight excluding hydrogens is 258 g/mol. The van der Waals surface area contributed by atoms with Crippen LogP contribution in [0, 0.1) is 5.92 Å². The molecule has 2 unspecified atom stereocenters. The smallest absolute Gasteiger partial charge is 0.325 e. The van der Waals surface area contributed by atoms with E-state index in [1.165, 1.54) is 19.3 Å². The molecule has 0 aliphatic heterocycles. The van der Waals surface area contributed by atoms with E-state index in [2.05, 4.69) is 33.0 Å². The Bertz CT molecular complexity index is 259. The van der Waals surface area contributed by atoms with Gasteiger partial charge in [-0.25, -0.2) is 0 Å². The van der Waals surface area contributed by atoms with Crippen LogP contribution in [0.1, 0.15) is 53.9 Å². The molecule has 114 valence electrons. The first-order valence-corrected chi connectivity index (χ1v) is 8.45. The topological polar surface area (TPSA) is 38.3 Å². The lowest BCUT2D eigenvalue weighted by atomic mass is 9.95. The number of carbonyl (C=O) groups excluding carboxylic acids is 1. The molecule has 2 atom stereocenters. The van der Waals surface area contributed by atoms with Gasteiger partial charge in [-0.1, -0.05) is 20.3 Å². The van der Waals surface area contributed by atoms with Crippen molar-refractivity contribution in [1.82, 2.24) is 5.32 Å². The first kappa shape index (κ1) is 18.8. The van der Waals surface area contributed by atoms with E-state index < -0.39 is 5.54 Å². The second kappa shape index (κ2) is 9.65. The van der Waals surface area contributed by atoms with Gasteiger partial charge in [0.2, 0.25) is 0 Å². The minimum atomic E-state index is -0.556. The molecule has 0 radical (unpaired) electrons. The maximum atomic E-state index is 11.9. The first-order valence-electron chi connectivity index (χ1n) is 7.29. The monoisotopic (exact) mass is 289 g/mol. The van der Waals surface area contributed by atoms with Gasteiger partial charge >= 0.3 is 5.97 Å². The highest BCUT2D eigenvalue weighted by molar-refractivity contribution is 7.99. The molecule has 0 heterocycles. The quantitative estimate of drug-likeness (QED) is 0.493. The zero-order chi connectivity index (χ0) is 14.9. The number of methoxy groups -OCH3 is 1. The standard InChI is InChI=1S/C15H31NO2S/c1-7-13(4)11-19-10-8-9-15(5,14(17)18-6)16-12(2)3/h12-13,16H,7-11H2,1-6H3. The first-order chi connectivity index (χ1) is 8.85.